The number of carbonyl (C=O) groups is 2. The van der Waals surface area contributed by atoms with E-state index in [9.17, 15) is 9.59 Å². The molecule has 1 aromatic heterocycles. The van der Waals surface area contributed by atoms with Crippen molar-refractivity contribution in [1.82, 2.24) is 10.4 Å². The molecule has 3 N–H and O–H groups in total. The molecule has 2 amide bonds. The van der Waals surface area contributed by atoms with E-state index in [-0.39, 0.29) is 5.70 Å². The Bertz CT molecular complexity index is 859. The normalized spacial score (nSPS) is 14.6. The summed E-state index contributed by atoms with van der Waals surface area (Å²) in [5.41, 5.74) is 3.86. The average Bonchev–Trinajstić information content (AvgIpc) is 2.63. The van der Waals surface area contributed by atoms with Gasteiger partial charge in [-0.3, -0.25) is 9.59 Å². The summed E-state index contributed by atoms with van der Waals surface area (Å²) in [5, 5.41) is 9.31. The van der Waals surface area contributed by atoms with Crippen LogP contribution in [0.2, 0.25) is 0 Å². The van der Waals surface area contributed by atoms with Crippen LogP contribution in [0.4, 0.5) is 11.5 Å². The van der Waals surface area contributed by atoms with Crippen LogP contribution in [0.15, 0.2) is 59.5 Å². The quantitative estimate of drug-likeness (QED) is 0.445. The van der Waals surface area contributed by atoms with Gasteiger partial charge in [-0.1, -0.05) is 0 Å². The molecule has 1 aliphatic rings. The predicted octanol–water partition coefficient (Wildman–Crippen LogP) is 1.49. The van der Waals surface area contributed by atoms with Gasteiger partial charge in [-0.25, -0.2) is 10.4 Å². The van der Waals surface area contributed by atoms with E-state index in [0.717, 1.165) is 17.4 Å². The minimum atomic E-state index is -0.533. The van der Waals surface area contributed by atoms with Gasteiger partial charge in [-0.05, 0) is 42.0 Å². The minimum absolute atomic E-state index is 0.109. The molecule has 0 radical (unpaired) electrons. The summed E-state index contributed by atoms with van der Waals surface area (Å²) < 4.78 is 5.06. The van der Waals surface area contributed by atoms with Crippen LogP contribution in [-0.4, -0.2) is 30.1 Å². The summed E-state index contributed by atoms with van der Waals surface area (Å²) in [5.74, 6) is 0.174. The number of nitrogens with one attached hydrogen (secondary N) is 3. The molecule has 0 atom stereocenters. The molecule has 2 heterocycles. The van der Waals surface area contributed by atoms with E-state index in [2.05, 4.69) is 26.1 Å². The van der Waals surface area contributed by atoms with Crippen molar-refractivity contribution in [3.63, 3.8) is 0 Å². The standard InChI is InChI=1S/C17H15N5O3/c1-25-12-6-4-11(5-7-12)10-19-22-15(23)9-14-17(24)21-16-13(20-14)3-2-8-18-16/h2-10,20H,1H3,(H,22,23)(H,18,21,24)/b14-9+,19-10+. The fraction of sp³-hybridized carbons (Fsp3) is 0.0588. The van der Waals surface area contributed by atoms with Gasteiger partial charge in [-0.15, -0.1) is 0 Å². The van der Waals surface area contributed by atoms with Gasteiger partial charge in [0.15, 0.2) is 5.82 Å². The SMILES string of the molecule is COc1ccc(/C=N/NC(=O)/C=C2/Nc3cccnc3NC2=O)cc1. The van der Waals surface area contributed by atoms with Gasteiger partial charge in [0.05, 0.1) is 19.0 Å². The fourth-order valence-electron chi connectivity index (χ4n) is 2.11. The lowest BCUT2D eigenvalue weighted by Gasteiger charge is -2.19. The van der Waals surface area contributed by atoms with Gasteiger partial charge >= 0.3 is 0 Å². The van der Waals surface area contributed by atoms with Gasteiger partial charge in [0, 0.05) is 12.3 Å². The molecule has 25 heavy (non-hydrogen) atoms. The van der Waals surface area contributed by atoms with Crippen molar-refractivity contribution in [1.29, 1.82) is 0 Å². The lowest BCUT2D eigenvalue weighted by molar-refractivity contribution is -0.117. The summed E-state index contributed by atoms with van der Waals surface area (Å²) in [6, 6.07) is 10.6. The molecule has 3 rings (SSSR count). The highest BCUT2D eigenvalue weighted by molar-refractivity contribution is 6.13. The summed E-state index contributed by atoms with van der Waals surface area (Å²) in [7, 11) is 1.58. The third-order valence-corrected chi connectivity index (χ3v) is 3.33. The zero-order chi connectivity index (χ0) is 17.6. The van der Waals surface area contributed by atoms with E-state index < -0.39 is 11.8 Å². The molecular formula is C17H15N5O3. The van der Waals surface area contributed by atoms with Crippen LogP contribution in [0, 0.1) is 0 Å². The van der Waals surface area contributed by atoms with E-state index in [1.807, 2.05) is 0 Å². The van der Waals surface area contributed by atoms with Crippen LogP contribution >= 0.6 is 0 Å². The number of rotatable bonds is 4. The number of amides is 2. The average molecular weight is 337 g/mol. The van der Waals surface area contributed by atoms with E-state index in [1.165, 1.54) is 6.21 Å². The van der Waals surface area contributed by atoms with Crippen molar-refractivity contribution >= 4 is 29.5 Å². The molecule has 0 unspecified atom stereocenters. The number of hydrogen-bond acceptors (Lipinski definition) is 6. The number of nitrogens with zero attached hydrogens (tertiary/aromatic N) is 2. The van der Waals surface area contributed by atoms with Gasteiger partial charge in [-0.2, -0.15) is 5.10 Å². The Morgan fingerprint density at radius 1 is 1.24 bits per heavy atom. The highest BCUT2D eigenvalue weighted by Gasteiger charge is 2.20. The summed E-state index contributed by atoms with van der Waals surface area (Å²) >= 11 is 0. The summed E-state index contributed by atoms with van der Waals surface area (Å²) in [6.07, 6.45) is 4.19. The maximum Gasteiger partial charge on any atom is 0.273 e. The minimum Gasteiger partial charge on any atom is -0.497 e. The summed E-state index contributed by atoms with van der Waals surface area (Å²) in [6.45, 7) is 0. The van der Waals surface area contributed by atoms with Gasteiger partial charge < -0.3 is 15.4 Å². The van der Waals surface area contributed by atoms with Crippen LogP contribution < -0.4 is 20.8 Å². The molecule has 0 spiro atoms. The fourth-order valence-corrected chi connectivity index (χ4v) is 2.11. The molecule has 8 nitrogen and oxygen atoms in total. The lowest BCUT2D eigenvalue weighted by atomic mass is 10.2. The van der Waals surface area contributed by atoms with Crippen LogP contribution in [0.3, 0.4) is 0 Å². The first-order valence-corrected chi connectivity index (χ1v) is 7.38. The second-order valence-corrected chi connectivity index (χ2v) is 5.04. The Hall–Kier alpha value is -3.68. The molecule has 1 aliphatic heterocycles. The van der Waals surface area contributed by atoms with Crippen LogP contribution in [0.1, 0.15) is 5.56 Å². The first kappa shape index (κ1) is 16.2. The number of fused-ring (bicyclic) bond motifs is 1. The number of hydrogen-bond donors (Lipinski definition) is 3. The molecular weight excluding hydrogens is 322 g/mol. The van der Waals surface area contributed by atoms with Crippen molar-refractivity contribution in [2.24, 2.45) is 5.10 Å². The van der Waals surface area contributed by atoms with Crippen LogP contribution in [0.25, 0.3) is 0 Å². The molecule has 0 bridgehead atoms. The van der Waals surface area contributed by atoms with Crippen LogP contribution in [0.5, 0.6) is 5.75 Å². The monoisotopic (exact) mass is 337 g/mol. The Balaban J connectivity index is 1.62. The predicted molar refractivity (Wildman–Crippen MR) is 93.3 cm³/mol. The van der Waals surface area contributed by atoms with Gasteiger partial charge in [0.2, 0.25) is 0 Å². The number of pyridine rings is 1. The maximum absolute atomic E-state index is 11.9. The first-order valence-electron chi connectivity index (χ1n) is 7.38. The molecule has 0 fully saturated rings. The van der Waals surface area contributed by atoms with Crippen molar-refractivity contribution in [2.45, 2.75) is 0 Å². The number of ether oxygens (including phenoxy) is 1. The van der Waals surface area contributed by atoms with E-state index in [1.54, 1.807) is 49.7 Å². The number of anilines is 2. The zero-order valence-corrected chi connectivity index (χ0v) is 13.3. The number of methoxy groups -OCH3 is 1. The van der Waals surface area contributed by atoms with Crippen molar-refractivity contribution in [3.05, 3.63) is 59.9 Å². The lowest BCUT2D eigenvalue weighted by Crippen LogP contribution is -2.28. The zero-order valence-electron chi connectivity index (χ0n) is 13.3. The van der Waals surface area contributed by atoms with E-state index in [0.29, 0.717) is 11.5 Å². The van der Waals surface area contributed by atoms with E-state index >= 15 is 0 Å². The van der Waals surface area contributed by atoms with E-state index in [4.69, 9.17) is 4.74 Å². The molecule has 2 aromatic rings. The molecule has 0 saturated heterocycles. The molecule has 126 valence electrons. The van der Waals surface area contributed by atoms with Gasteiger partial charge in [0.1, 0.15) is 11.4 Å². The Kier molecular flexibility index (Phi) is 4.70. The second-order valence-electron chi connectivity index (χ2n) is 5.04. The van der Waals surface area contributed by atoms with Gasteiger partial charge in [0.25, 0.3) is 11.8 Å². The second kappa shape index (κ2) is 7.26. The topological polar surface area (TPSA) is 105 Å². The molecule has 0 saturated carbocycles. The van der Waals surface area contributed by atoms with Crippen molar-refractivity contribution in [3.8, 4) is 5.75 Å². The maximum atomic E-state index is 11.9. The molecule has 1 aromatic carbocycles. The van der Waals surface area contributed by atoms with Crippen LogP contribution in [-0.2, 0) is 9.59 Å². The smallest absolute Gasteiger partial charge is 0.273 e. The Morgan fingerprint density at radius 3 is 2.80 bits per heavy atom. The number of aromatic nitrogens is 1. The highest BCUT2D eigenvalue weighted by Crippen LogP contribution is 2.24. The third-order valence-electron chi connectivity index (χ3n) is 3.33. The van der Waals surface area contributed by atoms with Crippen molar-refractivity contribution in [2.75, 3.05) is 17.7 Å². The largest absolute Gasteiger partial charge is 0.497 e. The number of carbonyl (C=O) groups excluding carboxylic acids is 2. The first-order chi connectivity index (χ1) is 12.2. The third kappa shape index (κ3) is 3.99. The molecule has 8 heteroatoms. The number of hydrazone groups is 1. The Labute approximate surface area is 143 Å². The highest BCUT2D eigenvalue weighted by atomic mass is 16.5. The summed E-state index contributed by atoms with van der Waals surface area (Å²) in [4.78, 5) is 27.9. The molecule has 0 aliphatic carbocycles. The number of benzene rings is 1. The van der Waals surface area contributed by atoms with Crippen molar-refractivity contribution < 1.29 is 14.3 Å². The Morgan fingerprint density at radius 2 is 2.04 bits per heavy atom.